The van der Waals surface area contributed by atoms with Crippen molar-refractivity contribution < 1.29 is 19.1 Å². The van der Waals surface area contributed by atoms with Crippen molar-refractivity contribution in [3.05, 3.63) is 84.1 Å². The molecule has 6 nitrogen and oxygen atoms in total. The van der Waals surface area contributed by atoms with Crippen molar-refractivity contribution >= 4 is 33.4 Å². The van der Waals surface area contributed by atoms with Crippen molar-refractivity contribution in [2.75, 3.05) is 14.2 Å². The maximum Gasteiger partial charge on any atom is 0.328 e. The second-order valence-corrected chi connectivity index (χ2v) is 7.12. The lowest BCUT2D eigenvalue weighted by Gasteiger charge is -2.19. The lowest BCUT2D eigenvalue weighted by Crippen LogP contribution is -2.43. The van der Waals surface area contributed by atoms with E-state index >= 15 is 0 Å². The molecule has 6 heteroatoms. The number of amides is 1. The molecule has 0 saturated heterocycles. The van der Waals surface area contributed by atoms with Gasteiger partial charge in [-0.15, -0.1) is 0 Å². The average Bonchev–Trinajstić information content (AvgIpc) is 2.81. The molecule has 4 aromatic rings. The molecular formula is C25H22N2O4. The van der Waals surface area contributed by atoms with Gasteiger partial charge in [-0.25, -0.2) is 9.78 Å². The molecule has 1 atom stereocenters. The fraction of sp³-hybridized carbons (Fsp3) is 0.160. The summed E-state index contributed by atoms with van der Waals surface area (Å²) in [5.74, 6) is -0.476. The number of benzene rings is 3. The van der Waals surface area contributed by atoms with Gasteiger partial charge in [-0.3, -0.25) is 4.79 Å². The third-order valence-electron chi connectivity index (χ3n) is 5.26. The normalized spacial score (nSPS) is 11.8. The third-order valence-corrected chi connectivity index (χ3v) is 5.26. The number of methoxy groups -OCH3 is 2. The fourth-order valence-corrected chi connectivity index (χ4v) is 3.81. The number of carbonyl (C=O) groups is 2. The number of pyridine rings is 1. The lowest BCUT2D eigenvalue weighted by atomic mass is 9.96. The van der Waals surface area contributed by atoms with Gasteiger partial charge in [0, 0.05) is 18.2 Å². The quantitative estimate of drug-likeness (QED) is 0.382. The summed E-state index contributed by atoms with van der Waals surface area (Å²) in [7, 11) is 2.81. The molecule has 31 heavy (non-hydrogen) atoms. The summed E-state index contributed by atoms with van der Waals surface area (Å²) < 4.78 is 10.2. The number of esters is 1. The van der Waals surface area contributed by atoms with Crippen LogP contribution in [0.25, 0.3) is 21.5 Å². The van der Waals surface area contributed by atoms with Gasteiger partial charge in [0.25, 0.3) is 5.91 Å². The van der Waals surface area contributed by atoms with Crippen LogP contribution in [0, 0.1) is 0 Å². The molecule has 1 aromatic heterocycles. The predicted molar refractivity (Wildman–Crippen MR) is 119 cm³/mol. The Hall–Kier alpha value is -3.93. The summed E-state index contributed by atoms with van der Waals surface area (Å²) in [6.07, 6.45) is 1.80. The first-order valence-corrected chi connectivity index (χ1v) is 9.89. The fourth-order valence-electron chi connectivity index (χ4n) is 3.81. The molecule has 0 fully saturated rings. The van der Waals surface area contributed by atoms with E-state index in [0.29, 0.717) is 17.0 Å². The van der Waals surface area contributed by atoms with Gasteiger partial charge in [0.15, 0.2) is 0 Å². The Bertz CT molecular complexity index is 1210. The zero-order valence-electron chi connectivity index (χ0n) is 17.3. The Morgan fingerprint density at radius 2 is 1.58 bits per heavy atom. The number of hydrogen-bond acceptors (Lipinski definition) is 5. The van der Waals surface area contributed by atoms with E-state index in [9.17, 15) is 9.59 Å². The monoisotopic (exact) mass is 414 g/mol. The number of nitrogens with zero attached hydrogens (tertiary/aromatic N) is 1. The molecular weight excluding hydrogens is 392 g/mol. The highest BCUT2D eigenvalue weighted by Gasteiger charge is 2.26. The summed E-state index contributed by atoms with van der Waals surface area (Å²) in [5.41, 5.74) is 1.23. The Balaban J connectivity index is 1.75. The van der Waals surface area contributed by atoms with E-state index in [-0.39, 0.29) is 12.3 Å². The molecule has 3 aromatic carbocycles. The van der Waals surface area contributed by atoms with Crippen molar-refractivity contribution in [3.8, 4) is 5.88 Å². The smallest absolute Gasteiger partial charge is 0.328 e. The first-order valence-electron chi connectivity index (χ1n) is 9.89. The van der Waals surface area contributed by atoms with Crippen molar-refractivity contribution in [3.63, 3.8) is 0 Å². The average molecular weight is 414 g/mol. The Morgan fingerprint density at radius 1 is 0.935 bits per heavy atom. The summed E-state index contributed by atoms with van der Waals surface area (Å²) in [4.78, 5) is 30.2. The lowest BCUT2D eigenvalue weighted by molar-refractivity contribution is -0.142. The Morgan fingerprint density at radius 3 is 2.19 bits per heavy atom. The Kier molecular flexibility index (Phi) is 5.80. The highest BCUT2D eigenvalue weighted by molar-refractivity contribution is 6.18. The third kappa shape index (κ3) is 4.05. The minimum atomic E-state index is -0.895. The van der Waals surface area contributed by atoms with Gasteiger partial charge in [-0.1, -0.05) is 54.6 Å². The van der Waals surface area contributed by atoms with Crippen molar-refractivity contribution in [2.24, 2.45) is 0 Å². The molecule has 0 aliphatic rings. The standard InChI is InChI=1S/C25H22N2O4/c1-30-24-18(10-7-13-26-24)15-21(25(29)31-2)27-23(28)22-19-11-5-3-8-16(19)14-17-9-4-6-12-20(17)22/h3-14,21H,15H2,1-2H3,(H,27,28)/t21-/m1/s1. The summed E-state index contributed by atoms with van der Waals surface area (Å²) in [6.45, 7) is 0. The predicted octanol–water partition coefficient (Wildman–Crippen LogP) is 3.91. The zero-order valence-corrected chi connectivity index (χ0v) is 17.3. The van der Waals surface area contributed by atoms with Crippen LogP contribution in [-0.4, -0.2) is 37.1 Å². The van der Waals surface area contributed by atoms with E-state index in [1.807, 2.05) is 48.5 Å². The molecule has 1 N–H and O–H groups in total. The molecule has 0 unspecified atom stereocenters. The largest absolute Gasteiger partial charge is 0.481 e. The van der Waals surface area contributed by atoms with Gasteiger partial charge < -0.3 is 14.8 Å². The van der Waals surface area contributed by atoms with Crippen LogP contribution in [-0.2, 0) is 16.0 Å². The van der Waals surface area contributed by atoms with Crippen molar-refractivity contribution in [1.29, 1.82) is 0 Å². The number of fused-ring (bicyclic) bond motifs is 2. The minimum Gasteiger partial charge on any atom is -0.481 e. The van der Waals surface area contributed by atoms with Gasteiger partial charge in [0.1, 0.15) is 6.04 Å². The van der Waals surface area contributed by atoms with Crippen LogP contribution in [0.5, 0.6) is 5.88 Å². The van der Waals surface area contributed by atoms with Gasteiger partial charge in [-0.05, 0) is 33.7 Å². The second kappa shape index (κ2) is 8.83. The van der Waals surface area contributed by atoms with Crippen LogP contribution in [0.4, 0.5) is 0 Å². The molecule has 0 spiro atoms. The summed E-state index contributed by atoms with van der Waals surface area (Å²) in [6, 6.07) is 20.1. The molecule has 1 amide bonds. The molecule has 1 heterocycles. The van der Waals surface area contributed by atoms with Crippen molar-refractivity contribution in [1.82, 2.24) is 10.3 Å². The Labute approximate surface area is 179 Å². The summed E-state index contributed by atoms with van der Waals surface area (Å²) in [5, 5.41) is 6.42. The van der Waals surface area contributed by atoms with Gasteiger partial charge in [-0.2, -0.15) is 0 Å². The molecule has 0 saturated carbocycles. The first kappa shape index (κ1) is 20.3. The van der Waals surface area contributed by atoms with Gasteiger partial charge in [0.05, 0.1) is 19.8 Å². The van der Waals surface area contributed by atoms with Crippen LogP contribution in [0.2, 0.25) is 0 Å². The number of nitrogens with one attached hydrogen (secondary N) is 1. The summed E-state index contributed by atoms with van der Waals surface area (Å²) >= 11 is 0. The van der Waals surface area contributed by atoms with Crippen LogP contribution in [0.3, 0.4) is 0 Å². The molecule has 156 valence electrons. The molecule has 0 aliphatic heterocycles. The zero-order chi connectivity index (χ0) is 21.8. The van der Waals surface area contributed by atoms with Crippen LogP contribution >= 0.6 is 0 Å². The van der Waals surface area contributed by atoms with Gasteiger partial charge >= 0.3 is 5.97 Å². The van der Waals surface area contributed by atoms with Crippen LogP contribution < -0.4 is 10.1 Å². The number of carbonyl (C=O) groups excluding carboxylic acids is 2. The highest BCUT2D eigenvalue weighted by Crippen LogP contribution is 2.28. The SMILES string of the molecule is COC(=O)[C@@H](Cc1cccnc1OC)NC(=O)c1c2ccccc2cc2ccccc12. The first-order chi connectivity index (χ1) is 15.1. The maximum absolute atomic E-state index is 13.5. The van der Waals surface area contributed by atoms with Crippen LogP contribution in [0.15, 0.2) is 72.9 Å². The van der Waals surface area contributed by atoms with E-state index in [1.165, 1.54) is 14.2 Å². The van der Waals surface area contributed by atoms with Gasteiger partial charge in [0.2, 0.25) is 5.88 Å². The molecule has 4 rings (SSSR count). The number of ether oxygens (including phenoxy) is 2. The number of rotatable bonds is 6. The molecule has 0 radical (unpaired) electrons. The van der Waals surface area contributed by atoms with Crippen LogP contribution in [0.1, 0.15) is 15.9 Å². The topological polar surface area (TPSA) is 77.5 Å². The van der Waals surface area contributed by atoms with E-state index < -0.39 is 12.0 Å². The number of aromatic nitrogens is 1. The molecule has 0 aliphatic carbocycles. The van der Waals surface area contributed by atoms with Crippen molar-refractivity contribution in [2.45, 2.75) is 12.5 Å². The highest BCUT2D eigenvalue weighted by atomic mass is 16.5. The second-order valence-electron chi connectivity index (χ2n) is 7.12. The van der Waals surface area contributed by atoms with E-state index in [2.05, 4.69) is 16.4 Å². The van der Waals surface area contributed by atoms with E-state index in [4.69, 9.17) is 9.47 Å². The molecule has 0 bridgehead atoms. The van der Waals surface area contributed by atoms with E-state index in [0.717, 1.165) is 21.5 Å². The van der Waals surface area contributed by atoms with E-state index in [1.54, 1.807) is 18.3 Å². The number of hydrogen-bond donors (Lipinski definition) is 1. The minimum absolute atomic E-state index is 0.193. The maximum atomic E-state index is 13.5.